The van der Waals surface area contributed by atoms with E-state index in [9.17, 15) is 0 Å². The molecule has 96 valence electrons. The van der Waals surface area contributed by atoms with Crippen molar-refractivity contribution in [2.45, 2.75) is 46.6 Å². The summed E-state index contributed by atoms with van der Waals surface area (Å²) in [5.74, 6) is 2.67. The third-order valence-corrected chi connectivity index (χ3v) is 3.63. The monoisotopic (exact) mass is 236 g/mol. The lowest BCUT2D eigenvalue weighted by Crippen LogP contribution is -2.16. The summed E-state index contributed by atoms with van der Waals surface area (Å²) >= 11 is 0. The predicted octanol–water partition coefficient (Wildman–Crippen LogP) is 2.64. The van der Waals surface area contributed by atoms with E-state index < -0.39 is 0 Å². The van der Waals surface area contributed by atoms with E-state index in [4.69, 9.17) is 5.73 Å². The summed E-state index contributed by atoms with van der Waals surface area (Å²) in [4.78, 5) is 0. The van der Waals surface area contributed by atoms with Crippen LogP contribution in [0, 0.1) is 18.8 Å². The molecule has 0 bridgehead atoms. The normalized spacial score (nSPS) is 17.1. The van der Waals surface area contributed by atoms with E-state index in [0.717, 1.165) is 48.5 Å². The first-order chi connectivity index (χ1) is 8.13. The van der Waals surface area contributed by atoms with Gasteiger partial charge in [0.25, 0.3) is 0 Å². The van der Waals surface area contributed by atoms with Crippen LogP contribution in [0.4, 0.5) is 11.5 Å². The third-order valence-electron chi connectivity index (χ3n) is 3.63. The first kappa shape index (κ1) is 12.3. The Balaban J connectivity index is 2.01. The van der Waals surface area contributed by atoms with Crippen LogP contribution in [-0.4, -0.2) is 16.3 Å². The van der Waals surface area contributed by atoms with Crippen molar-refractivity contribution in [2.24, 2.45) is 11.8 Å². The zero-order valence-electron chi connectivity index (χ0n) is 11.2. The molecule has 0 saturated heterocycles. The molecule has 1 aliphatic rings. The van der Waals surface area contributed by atoms with Gasteiger partial charge in [-0.1, -0.05) is 13.8 Å². The summed E-state index contributed by atoms with van der Waals surface area (Å²) < 4.78 is 2.00. The highest BCUT2D eigenvalue weighted by molar-refractivity contribution is 5.64. The maximum Gasteiger partial charge on any atom is 0.148 e. The molecule has 1 atom stereocenters. The number of nitrogen functional groups attached to an aromatic ring is 1. The van der Waals surface area contributed by atoms with Crippen molar-refractivity contribution in [2.75, 3.05) is 17.6 Å². The largest absolute Gasteiger partial charge is 0.394 e. The first-order valence-corrected chi connectivity index (χ1v) is 6.70. The minimum absolute atomic E-state index is 0.736. The molecular formula is C13H24N4. The Hall–Kier alpha value is -1.19. The van der Waals surface area contributed by atoms with Crippen molar-refractivity contribution in [3.63, 3.8) is 0 Å². The van der Waals surface area contributed by atoms with Crippen LogP contribution in [0.5, 0.6) is 0 Å². The predicted molar refractivity (Wildman–Crippen MR) is 72.0 cm³/mol. The van der Waals surface area contributed by atoms with E-state index in [2.05, 4.69) is 24.3 Å². The van der Waals surface area contributed by atoms with E-state index >= 15 is 0 Å². The van der Waals surface area contributed by atoms with Gasteiger partial charge in [0.15, 0.2) is 0 Å². The smallest absolute Gasteiger partial charge is 0.148 e. The number of nitrogens with one attached hydrogen (secondary N) is 1. The molecule has 0 spiro atoms. The van der Waals surface area contributed by atoms with Crippen LogP contribution in [0.2, 0.25) is 0 Å². The second-order valence-electron chi connectivity index (χ2n) is 5.27. The minimum Gasteiger partial charge on any atom is -0.394 e. The lowest BCUT2D eigenvalue weighted by atomic mass is 10.1. The van der Waals surface area contributed by atoms with Crippen molar-refractivity contribution in [3.05, 3.63) is 5.69 Å². The van der Waals surface area contributed by atoms with Gasteiger partial charge in [-0.15, -0.1) is 0 Å². The molecule has 4 nitrogen and oxygen atoms in total. The van der Waals surface area contributed by atoms with Gasteiger partial charge in [0, 0.05) is 13.1 Å². The molecule has 0 amide bonds. The Morgan fingerprint density at radius 1 is 1.53 bits per heavy atom. The van der Waals surface area contributed by atoms with E-state index in [1.165, 1.54) is 12.8 Å². The van der Waals surface area contributed by atoms with Crippen molar-refractivity contribution >= 4 is 11.5 Å². The first-order valence-electron chi connectivity index (χ1n) is 6.70. The second kappa shape index (κ2) is 4.98. The standard InChI is InChI=1S/C13H24N4/c1-4-7-17-13(12(14)10(3)16-17)15-8-9(2)11-5-6-11/h9,11,15H,4-8,14H2,1-3H3. The number of nitrogens with zero attached hydrogens (tertiary/aromatic N) is 2. The number of hydrogen-bond donors (Lipinski definition) is 2. The van der Waals surface area contributed by atoms with Crippen LogP contribution in [0.1, 0.15) is 38.8 Å². The van der Waals surface area contributed by atoms with Crippen LogP contribution in [0.25, 0.3) is 0 Å². The van der Waals surface area contributed by atoms with E-state index in [-0.39, 0.29) is 0 Å². The number of anilines is 2. The highest BCUT2D eigenvalue weighted by atomic mass is 15.3. The van der Waals surface area contributed by atoms with Crippen molar-refractivity contribution in [3.8, 4) is 0 Å². The minimum atomic E-state index is 0.736. The summed E-state index contributed by atoms with van der Waals surface area (Å²) in [6, 6.07) is 0. The lowest BCUT2D eigenvalue weighted by Gasteiger charge is -2.14. The summed E-state index contributed by atoms with van der Waals surface area (Å²) in [5, 5.41) is 7.95. The van der Waals surface area contributed by atoms with Gasteiger partial charge in [-0.3, -0.25) is 0 Å². The molecule has 1 heterocycles. The fourth-order valence-electron chi connectivity index (χ4n) is 2.25. The SMILES string of the molecule is CCCn1nc(C)c(N)c1NCC(C)C1CC1. The van der Waals surface area contributed by atoms with Crippen LogP contribution in [0.3, 0.4) is 0 Å². The van der Waals surface area contributed by atoms with Gasteiger partial charge in [-0.2, -0.15) is 5.10 Å². The molecule has 17 heavy (non-hydrogen) atoms. The van der Waals surface area contributed by atoms with E-state index in [1.807, 2.05) is 11.6 Å². The van der Waals surface area contributed by atoms with Crippen molar-refractivity contribution in [1.82, 2.24) is 9.78 Å². The topological polar surface area (TPSA) is 55.9 Å². The summed E-state index contributed by atoms with van der Waals surface area (Å²) in [6.45, 7) is 8.37. The molecule has 1 aromatic rings. The van der Waals surface area contributed by atoms with E-state index in [0.29, 0.717) is 0 Å². The van der Waals surface area contributed by atoms with E-state index in [1.54, 1.807) is 0 Å². The van der Waals surface area contributed by atoms with Crippen LogP contribution < -0.4 is 11.1 Å². The number of hydrogen-bond acceptors (Lipinski definition) is 3. The summed E-state index contributed by atoms with van der Waals surface area (Å²) in [7, 11) is 0. The maximum absolute atomic E-state index is 6.07. The molecule has 0 aliphatic heterocycles. The van der Waals surface area contributed by atoms with Gasteiger partial charge >= 0.3 is 0 Å². The Bertz CT molecular complexity index is 379. The molecule has 4 heteroatoms. The number of aryl methyl sites for hydroxylation is 2. The molecule has 1 fully saturated rings. The third kappa shape index (κ3) is 2.73. The Morgan fingerprint density at radius 3 is 2.82 bits per heavy atom. The number of rotatable bonds is 6. The van der Waals surface area contributed by atoms with Gasteiger partial charge in [0.1, 0.15) is 5.82 Å². The highest BCUT2D eigenvalue weighted by Crippen LogP contribution is 2.36. The summed E-state index contributed by atoms with van der Waals surface area (Å²) in [5.41, 5.74) is 7.80. The number of nitrogens with two attached hydrogens (primary N) is 1. The average Bonchev–Trinajstić information content (AvgIpc) is 3.08. The Labute approximate surface area is 104 Å². The molecule has 0 aromatic carbocycles. The van der Waals surface area contributed by atoms with Crippen LogP contribution in [-0.2, 0) is 6.54 Å². The van der Waals surface area contributed by atoms with Gasteiger partial charge in [-0.25, -0.2) is 4.68 Å². The molecule has 1 unspecified atom stereocenters. The molecule has 0 radical (unpaired) electrons. The van der Waals surface area contributed by atoms with Crippen LogP contribution >= 0.6 is 0 Å². The second-order valence-corrected chi connectivity index (χ2v) is 5.27. The molecule has 3 N–H and O–H groups in total. The van der Waals surface area contributed by atoms with Crippen molar-refractivity contribution in [1.29, 1.82) is 0 Å². The van der Waals surface area contributed by atoms with Crippen LogP contribution in [0.15, 0.2) is 0 Å². The maximum atomic E-state index is 6.07. The molecule has 1 aromatic heterocycles. The molecule has 1 aliphatic carbocycles. The fourth-order valence-corrected chi connectivity index (χ4v) is 2.25. The Morgan fingerprint density at radius 2 is 2.24 bits per heavy atom. The molecule has 1 saturated carbocycles. The fraction of sp³-hybridized carbons (Fsp3) is 0.769. The summed E-state index contributed by atoms with van der Waals surface area (Å²) in [6.07, 6.45) is 3.87. The average molecular weight is 236 g/mol. The molecular weight excluding hydrogens is 212 g/mol. The zero-order chi connectivity index (χ0) is 12.4. The van der Waals surface area contributed by atoms with Gasteiger partial charge in [0.2, 0.25) is 0 Å². The van der Waals surface area contributed by atoms with Gasteiger partial charge < -0.3 is 11.1 Å². The zero-order valence-corrected chi connectivity index (χ0v) is 11.2. The lowest BCUT2D eigenvalue weighted by molar-refractivity contribution is 0.530. The quantitative estimate of drug-likeness (QED) is 0.798. The number of aromatic nitrogens is 2. The highest BCUT2D eigenvalue weighted by Gasteiger charge is 2.27. The van der Waals surface area contributed by atoms with Gasteiger partial charge in [-0.05, 0) is 38.0 Å². The molecule has 2 rings (SSSR count). The van der Waals surface area contributed by atoms with Crippen molar-refractivity contribution < 1.29 is 0 Å². The Kier molecular flexibility index (Phi) is 3.60. The van der Waals surface area contributed by atoms with Gasteiger partial charge in [0.05, 0.1) is 11.4 Å².